The highest BCUT2D eigenvalue weighted by atomic mass is 79.9. The van der Waals surface area contributed by atoms with Crippen LogP contribution in [0, 0.1) is 11.3 Å². The van der Waals surface area contributed by atoms with Crippen molar-refractivity contribution in [2.75, 3.05) is 12.4 Å². The van der Waals surface area contributed by atoms with E-state index in [1.54, 1.807) is 6.20 Å². The number of aliphatic hydroxyl groups is 1. The van der Waals surface area contributed by atoms with Crippen molar-refractivity contribution < 1.29 is 9.90 Å². The summed E-state index contributed by atoms with van der Waals surface area (Å²) in [5, 5.41) is 12.7. The van der Waals surface area contributed by atoms with E-state index in [0.29, 0.717) is 16.9 Å². The van der Waals surface area contributed by atoms with Gasteiger partial charge >= 0.3 is 0 Å². The van der Waals surface area contributed by atoms with E-state index in [-0.39, 0.29) is 11.5 Å². The van der Waals surface area contributed by atoms with E-state index in [0.717, 1.165) is 56.3 Å². The predicted octanol–water partition coefficient (Wildman–Crippen LogP) is 3.36. The molecule has 1 aliphatic carbocycles. The molecule has 0 spiro atoms. The van der Waals surface area contributed by atoms with E-state index in [4.69, 9.17) is 0 Å². The van der Waals surface area contributed by atoms with Crippen molar-refractivity contribution in [1.29, 1.82) is 0 Å². The lowest BCUT2D eigenvalue weighted by molar-refractivity contribution is -0.116. The van der Waals surface area contributed by atoms with Crippen molar-refractivity contribution >= 4 is 28.0 Å². The highest BCUT2D eigenvalue weighted by Gasteiger charge is 2.30. The normalized spacial score (nSPS) is 24.0. The highest BCUT2D eigenvalue weighted by molar-refractivity contribution is 9.10. The molecule has 0 bridgehead atoms. The van der Waals surface area contributed by atoms with Gasteiger partial charge in [-0.15, -0.1) is 0 Å². The lowest BCUT2D eigenvalue weighted by atomic mass is 9.73. The van der Waals surface area contributed by atoms with Crippen molar-refractivity contribution in [3.05, 3.63) is 16.5 Å². The maximum Gasteiger partial charge on any atom is 0.147 e. The fraction of sp³-hybridized carbons (Fsp3) is 0.706. The van der Waals surface area contributed by atoms with Crippen molar-refractivity contribution in [2.24, 2.45) is 11.3 Å². The van der Waals surface area contributed by atoms with Gasteiger partial charge in [-0.25, -0.2) is 9.97 Å². The molecular formula is C17H26BrN3O2. The van der Waals surface area contributed by atoms with Gasteiger partial charge in [0, 0.05) is 12.5 Å². The van der Waals surface area contributed by atoms with E-state index in [1.165, 1.54) is 0 Å². The molecule has 23 heavy (non-hydrogen) atoms. The number of anilines is 1. The fourth-order valence-electron chi connectivity index (χ4n) is 3.41. The molecule has 2 rings (SSSR count). The molecule has 1 saturated carbocycles. The Kier molecular flexibility index (Phi) is 6.53. The van der Waals surface area contributed by atoms with Gasteiger partial charge in [0.25, 0.3) is 0 Å². The summed E-state index contributed by atoms with van der Waals surface area (Å²) >= 11 is 3.35. The Balaban J connectivity index is 1.98. The van der Waals surface area contributed by atoms with E-state index >= 15 is 0 Å². The summed E-state index contributed by atoms with van der Waals surface area (Å²) in [4.78, 5) is 20.5. The number of carbonyl (C=O) groups is 1. The minimum atomic E-state index is -0.345. The number of hydrogen-bond donors (Lipinski definition) is 2. The topological polar surface area (TPSA) is 75.1 Å². The quantitative estimate of drug-likeness (QED) is 0.705. The van der Waals surface area contributed by atoms with Crippen LogP contribution in [0.25, 0.3) is 0 Å². The molecule has 1 aliphatic rings. The van der Waals surface area contributed by atoms with Crippen LogP contribution in [0.2, 0.25) is 0 Å². The Hall–Kier alpha value is -1.01. The SMILES string of the molecule is CNc1ncc(Br)nc1CCC(C)(C=O)CC1CCC(O)CC1. The minimum Gasteiger partial charge on any atom is -0.393 e. The standard InChI is InChI=1S/C17H26BrN3O2/c1-17(11-22,9-12-3-5-13(23)6-4-12)8-7-14-16(19-2)20-10-15(18)21-14/h10-13,23H,3-9H2,1-2H3,(H,19,20). The lowest BCUT2D eigenvalue weighted by Gasteiger charge is -2.32. The predicted molar refractivity (Wildman–Crippen MR) is 94.4 cm³/mol. The van der Waals surface area contributed by atoms with Gasteiger partial charge in [-0.3, -0.25) is 0 Å². The molecule has 0 radical (unpaired) electrons. The summed E-state index contributed by atoms with van der Waals surface area (Å²) in [6.07, 6.45) is 8.74. The Bertz CT molecular complexity index is 533. The average Bonchev–Trinajstić information content (AvgIpc) is 2.55. The zero-order valence-corrected chi connectivity index (χ0v) is 15.5. The number of aryl methyl sites for hydroxylation is 1. The van der Waals surface area contributed by atoms with Gasteiger partial charge in [-0.2, -0.15) is 0 Å². The van der Waals surface area contributed by atoms with Crippen molar-refractivity contribution in [3.8, 4) is 0 Å². The van der Waals surface area contributed by atoms with Crippen molar-refractivity contribution in [3.63, 3.8) is 0 Å². The number of carbonyl (C=O) groups excluding carboxylic acids is 1. The molecule has 1 aromatic heterocycles. The van der Waals surface area contributed by atoms with Crippen LogP contribution >= 0.6 is 15.9 Å². The van der Waals surface area contributed by atoms with E-state index in [9.17, 15) is 9.90 Å². The number of nitrogens with zero attached hydrogens (tertiary/aromatic N) is 2. The molecule has 6 heteroatoms. The first-order chi connectivity index (χ1) is 11.0. The number of halogens is 1. The Morgan fingerprint density at radius 3 is 2.74 bits per heavy atom. The first-order valence-corrected chi connectivity index (χ1v) is 9.08. The van der Waals surface area contributed by atoms with E-state index < -0.39 is 0 Å². The Morgan fingerprint density at radius 2 is 2.13 bits per heavy atom. The number of nitrogens with one attached hydrogen (secondary N) is 1. The van der Waals surface area contributed by atoms with Gasteiger partial charge in [0.2, 0.25) is 0 Å². The summed E-state index contributed by atoms with van der Waals surface area (Å²) in [5.41, 5.74) is 0.538. The number of rotatable bonds is 7. The number of aliphatic hydroxyl groups excluding tert-OH is 1. The van der Waals surface area contributed by atoms with Crippen LogP contribution in [0.4, 0.5) is 5.82 Å². The molecule has 0 saturated heterocycles. The first kappa shape index (κ1) is 18.3. The third-order valence-electron chi connectivity index (χ3n) is 4.84. The van der Waals surface area contributed by atoms with Gasteiger partial charge in [0.1, 0.15) is 16.7 Å². The molecule has 0 aromatic carbocycles. The van der Waals surface area contributed by atoms with Crippen LogP contribution in [0.15, 0.2) is 10.8 Å². The second kappa shape index (κ2) is 8.20. The Labute approximate surface area is 146 Å². The molecule has 1 unspecified atom stereocenters. The molecule has 1 atom stereocenters. The van der Waals surface area contributed by atoms with Crippen LogP contribution in [0.1, 0.15) is 51.1 Å². The minimum absolute atomic E-state index is 0.149. The zero-order chi connectivity index (χ0) is 16.9. The molecule has 0 aliphatic heterocycles. The van der Waals surface area contributed by atoms with Gasteiger partial charge in [0.05, 0.1) is 18.0 Å². The summed E-state index contributed by atoms with van der Waals surface area (Å²) in [7, 11) is 1.83. The highest BCUT2D eigenvalue weighted by Crippen LogP contribution is 2.36. The maximum atomic E-state index is 11.7. The Morgan fingerprint density at radius 1 is 1.43 bits per heavy atom. The summed E-state index contributed by atoms with van der Waals surface area (Å²) in [5.74, 6) is 1.30. The number of hydrogen-bond acceptors (Lipinski definition) is 5. The molecule has 0 amide bonds. The summed E-state index contributed by atoms with van der Waals surface area (Å²) in [6.45, 7) is 2.04. The van der Waals surface area contributed by atoms with Crippen LogP contribution in [0.5, 0.6) is 0 Å². The van der Waals surface area contributed by atoms with Gasteiger partial charge in [0.15, 0.2) is 0 Å². The maximum absolute atomic E-state index is 11.7. The van der Waals surface area contributed by atoms with E-state index in [2.05, 4.69) is 31.2 Å². The van der Waals surface area contributed by atoms with E-state index in [1.807, 2.05) is 14.0 Å². The third-order valence-corrected chi connectivity index (χ3v) is 5.22. The number of aldehydes is 1. The smallest absolute Gasteiger partial charge is 0.147 e. The fourth-order valence-corrected chi connectivity index (χ4v) is 3.72. The molecule has 1 fully saturated rings. The molecule has 1 heterocycles. The molecular weight excluding hydrogens is 358 g/mol. The molecule has 1 aromatic rings. The largest absolute Gasteiger partial charge is 0.393 e. The molecule has 2 N–H and O–H groups in total. The van der Waals surface area contributed by atoms with Gasteiger partial charge in [-0.1, -0.05) is 6.92 Å². The summed E-state index contributed by atoms with van der Waals surface area (Å²) < 4.78 is 0.709. The lowest BCUT2D eigenvalue weighted by Crippen LogP contribution is -2.27. The zero-order valence-electron chi connectivity index (χ0n) is 13.9. The van der Waals surface area contributed by atoms with Crippen LogP contribution in [-0.4, -0.2) is 34.5 Å². The third kappa shape index (κ3) is 5.24. The van der Waals surface area contributed by atoms with Gasteiger partial charge < -0.3 is 15.2 Å². The average molecular weight is 384 g/mol. The molecule has 128 valence electrons. The van der Waals surface area contributed by atoms with Crippen LogP contribution in [0.3, 0.4) is 0 Å². The summed E-state index contributed by atoms with van der Waals surface area (Å²) in [6, 6.07) is 0. The second-order valence-electron chi connectivity index (χ2n) is 6.89. The van der Waals surface area contributed by atoms with Gasteiger partial charge in [-0.05, 0) is 66.8 Å². The first-order valence-electron chi connectivity index (χ1n) is 8.29. The second-order valence-corrected chi connectivity index (χ2v) is 7.70. The van der Waals surface area contributed by atoms with Crippen molar-refractivity contribution in [1.82, 2.24) is 9.97 Å². The monoisotopic (exact) mass is 383 g/mol. The van der Waals surface area contributed by atoms with Crippen LogP contribution in [-0.2, 0) is 11.2 Å². The molecule has 5 nitrogen and oxygen atoms in total. The van der Waals surface area contributed by atoms with Crippen LogP contribution < -0.4 is 5.32 Å². The van der Waals surface area contributed by atoms with Crippen molar-refractivity contribution in [2.45, 2.75) is 58.0 Å². The number of aromatic nitrogens is 2.